The maximum absolute atomic E-state index is 13.5. The molecule has 0 atom stereocenters. The zero-order valence-electron chi connectivity index (χ0n) is 27.5. The number of nitrogens with one attached hydrogen (secondary N) is 3. The lowest BCUT2D eigenvalue weighted by atomic mass is 9.92. The van der Waals surface area contributed by atoms with E-state index in [1.807, 2.05) is 49.1 Å². The number of halogens is 4. The fourth-order valence-corrected chi connectivity index (χ4v) is 5.35. The van der Waals surface area contributed by atoms with Crippen molar-refractivity contribution in [3.8, 4) is 11.8 Å². The third-order valence-electron chi connectivity index (χ3n) is 7.56. The van der Waals surface area contributed by atoms with Gasteiger partial charge in [0.25, 0.3) is 5.91 Å². The van der Waals surface area contributed by atoms with E-state index in [1.165, 1.54) is 0 Å². The van der Waals surface area contributed by atoms with Gasteiger partial charge >= 0.3 is 12.2 Å². The molecule has 5 heterocycles. The Hall–Kier alpha value is -5.11. The molecule has 50 heavy (non-hydrogen) atoms. The minimum Gasteiger partial charge on any atom is -0.492 e. The summed E-state index contributed by atoms with van der Waals surface area (Å²) in [5.74, 6) is -0.0175. The van der Waals surface area contributed by atoms with Crippen molar-refractivity contribution in [1.82, 2.24) is 25.2 Å². The molecule has 4 aliphatic heterocycles. The molecule has 2 amide bonds. The van der Waals surface area contributed by atoms with Crippen LogP contribution in [0.4, 0.5) is 30.8 Å². The molecule has 1 aromatic heterocycles. The van der Waals surface area contributed by atoms with E-state index < -0.39 is 24.2 Å². The van der Waals surface area contributed by atoms with E-state index in [4.69, 9.17) is 21.1 Å². The van der Waals surface area contributed by atoms with Crippen LogP contribution in [0.25, 0.3) is 0 Å². The Labute approximate surface area is 292 Å². The largest absolute Gasteiger partial charge is 0.492 e. The number of carbonyl (C=O) groups is 2. The topological polar surface area (TPSA) is 131 Å². The Kier molecular flexibility index (Phi) is 11.6. The summed E-state index contributed by atoms with van der Waals surface area (Å²) in [7, 11) is 0. The van der Waals surface area contributed by atoms with E-state index >= 15 is 0 Å². The van der Waals surface area contributed by atoms with Crippen molar-refractivity contribution in [2.24, 2.45) is 5.41 Å². The highest BCUT2D eigenvalue weighted by Crippen LogP contribution is 2.27. The average Bonchev–Trinajstić information content (AvgIpc) is 3.07. The molecule has 8 rings (SSSR count). The van der Waals surface area contributed by atoms with Crippen LogP contribution in [0, 0.1) is 5.41 Å². The number of ether oxygens (including phenoxy) is 2. The summed E-state index contributed by atoms with van der Waals surface area (Å²) in [5.41, 5.74) is 2.00. The van der Waals surface area contributed by atoms with Crippen LogP contribution in [0.1, 0.15) is 41.8 Å². The summed E-state index contributed by atoms with van der Waals surface area (Å²) in [4.78, 5) is 40.6. The number of nitrogens with zero attached hydrogens (tertiary/aromatic N) is 4. The molecular formula is C35H37ClF3N7O4. The molecule has 0 saturated heterocycles. The van der Waals surface area contributed by atoms with E-state index in [0.29, 0.717) is 54.7 Å². The minimum absolute atomic E-state index is 0.0302. The van der Waals surface area contributed by atoms with Gasteiger partial charge in [-0.25, -0.2) is 0 Å². The first kappa shape index (κ1) is 36.2. The number of alkyl halides is 3. The zero-order chi connectivity index (χ0) is 35.7. The fraction of sp³-hybridized carbons (Fsp3) is 0.343. The van der Waals surface area contributed by atoms with Crippen LogP contribution in [0.3, 0.4) is 0 Å². The summed E-state index contributed by atoms with van der Waals surface area (Å²) < 4.78 is 49.4. The smallest absolute Gasteiger partial charge is 0.422 e. The molecule has 264 valence electrons. The molecule has 0 spiro atoms. The molecule has 0 radical (unpaired) electrons. The lowest BCUT2D eigenvalue weighted by molar-refractivity contribution is -0.154. The summed E-state index contributed by atoms with van der Waals surface area (Å²) in [5, 5.41) is 9.20. The molecule has 0 fully saturated rings. The van der Waals surface area contributed by atoms with Gasteiger partial charge in [-0.1, -0.05) is 61.8 Å². The van der Waals surface area contributed by atoms with Crippen molar-refractivity contribution in [1.29, 1.82) is 0 Å². The second-order valence-electron chi connectivity index (χ2n) is 12.5. The number of anilines is 3. The van der Waals surface area contributed by atoms with Crippen LogP contribution >= 0.6 is 11.6 Å². The van der Waals surface area contributed by atoms with E-state index in [0.717, 1.165) is 11.1 Å². The first-order chi connectivity index (χ1) is 23.8. The lowest BCUT2D eigenvalue weighted by Crippen LogP contribution is -2.45. The van der Waals surface area contributed by atoms with Crippen LogP contribution in [0.15, 0.2) is 72.8 Å². The van der Waals surface area contributed by atoms with E-state index in [1.54, 1.807) is 42.5 Å². The average molecular weight is 712 g/mol. The first-order valence-electron chi connectivity index (χ1n) is 15.9. The van der Waals surface area contributed by atoms with E-state index in [-0.39, 0.29) is 36.7 Å². The zero-order valence-corrected chi connectivity index (χ0v) is 28.3. The number of carbonyl (C=O) groups excluding carboxylic acids is 2. The first-order valence-corrected chi connectivity index (χ1v) is 16.3. The van der Waals surface area contributed by atoms with Gasteiger partial charge in [-0.2, -0.15) is 28.1 Å². The van der Waals surface area contributed by atoms with Crippen LogP contribution in [0.2, 0.25) is 5.02 Å². The minimum atomic E-state index is -4.60. The molecule has 15 heteroatoms. The second kappa shape index (κ2) is 16.1. The van der Waals surface area contributed by atoms with Crippen LogP contribution in [-0.2, 0) is 17.8 Å². The highest BCUT2D eigenvalue weighted by atomic mass is 35.5. The molecule has 0 saturated carbocycles. The van der Waals surface area contributed by atoms with Gasteiger partial charge < -0.3 is 30.3 Å². The normalized spacial score (nSPS) is 15.6. The Bertz CT molecular complexity index is 1780. The number of hydrogen-bond acceptors (Lipinski definition) is 9. The number of rotatable bonds is 4. The van der Waals surface area contributed by atoms with Crippen molar-refractivity contribution >= 4 is 41.0 Å². The van der Waals surface area contributed by atoms with Crippen molar-refractivity contribution < 1.29 is 32.2 Å². The molecule has 4 aromatic rings. The molecular weight excluding hydrogens is 675 g/mol. The van der Waals surface area contributed by atoms with Crippen molar-refractivity contribution in [2.75, 3.05) is 43.5 Å². The van der Waals surface area contributed by atoms with Crippen LogP contribution in [-0.4, -0.2) is 70.7 Å². The number of benzene rings is 3. The highest BCUT2D eigenvalue weighted by molar-refractivity contribution is 6.32. The maximum Gasteiger partial charge on any atom is 0.422 e. The summed E-state index contributed by atoms with van der Waals surface area (Å²) in [6, 6.07) is 20.6. The Morgan fingerprint density at radius 3 is 2.46 bits per heavy atom. The van der Waals surface area contributed by atoms with Gasteiger partial charge in [0.1, 0.15) is 5.75 Å². The number of amides is 2. The van der Waals surface area contributed by atoms with Gasteiger partial charge in [-0.05, 0) is 59.4 Å². The maximum atomic E-state index is 13.5. The molecule has 6 bridgehead atoms. The van der Waals surface area contributed by atoms with Crippen molar-refractivity contribution in [2.45, 2.75) is 39.4 Å². The Balaban J connectivity index is 1.38. The third-order valence-corrected chi connectivity index (χ3v) is 7.85. The number of hydrogen-bond donors (Lipinski definition) is 3. The van der Waals surface area contributed by atoms with Crippen molar-refractivity contribution in [3.05, 3.63) is 94.5 Å². The predicted molar refractivity (Wildman–Crippen MR) is 183 cm³/mol. The predicted octanol–water partition coefficient (Wildman–Crippen LogP) is 6.43. The summed E-state index contributed by atoms with van der Waals surface area (Å²) in [6.45, 7) is 3.95. The highest BCUT2D eigenvalue weighted by Gasteiger charge is 2.29. The van der Waals surface area contributed by atoms with Crippen molar-refractivity contribution in [3.63, 3.8) is 0 Å². The standard InChI is InChI=1S/C35H37ClF3N7O4/c1-34(2)20-41-30(48)25-10-12-26(13-11-25)42-32-43-31(44-33(45-32)50-22-35(37,38)39)40-19-24-9-14-28(27(36)17-24)49-16-6-15-46(21-34)29(47)18-23-7-4-3-5-8-23/h3-5,7-14,17H,6,15-16,18-22H2,1-2H3,(H,41,48)(H2,40,42,43,44,45). The summed E-state index contributed by atoms with van der Waals surface area (Å²) in [6.07, 6.45) is -3.82. The van der Waals surface area contributed by atoms with Gasteiger partial charge in [0.2, 0.25) is 17.8 Å². The Morgan fingerprint density at radius 1 is 1.00 bits per heavy atom. The second-order valence-corrected chi connectivity index (χ2v) is 12.9. The SMILES string of the molecule is CC1(C)CNC(=O)c2ccc(cc2)Nc2nc(nc(OCC(F)(F)F)n2)NCc2ccc(c(Cl)c2)OCCCN(C(=O)Cc2ccccc2)C1. The van der Waals surface area contributed by atoms with Gasteiger partial charge in [0, 0.05) is 37.4 Å². The van der Waals surface area contributed by atoms with Crippen LogP contribution < -0.4 is 25.4 Å². The molecule has 3 aromatic carbocycles. The fourth-order valence-electron chi connectivity index (χ4n) is 5.09. The summed E-state index contributed by atoms with van der Waals surface area (Å²) >= 11 is 6.53. The quantitative estimate of drug-likeness (QED) is 0.219. The number of aromatic nitrogens is 3. The van der Waals surface area contributed by atoms with Gasteiger partial charge in [0.05, 0.1) is 18.1 Å². The molecule has 0 aliphatic carbocycles. The van der Waals surface area contributed by atoms with Gasteiger partial charge in [-0.3, -0.25) is 9.59 Å². The monoisotopic (exact) mass is 711 g/mol. The van der Waals surface area contributed by atoms with Gasteiger partial charge in [0.15, 0.2) is 6.61 Å². The molecule has 4 aliphatic rings. The Morgan fingerprint density at radius 2 is 1.74 bits per heavy atom. The molecule has 3 N–H and O–H groups in total. The van der Waals surface area contributed by atoms with E-state index in [9.17, 15) is 22.8 Å². The molecule has 0 unspecified atom stereocenters. The van der Waals surface area contributed by atoms with Gasteiger partial charge in [-0.15, -0.1) is 0 Å². The van der Waals surface area contributed by atoms with Crippen LogP contribution in [0.5, 0.6) is 11.8 Å². The lowest BCUT2D eigenvalue weighted by Gasteiger charge is -2.33. The molecule has 11 nitrogen and oxygen atoms in total. The third kappa shape index (κ3) is 11.0. The van der Waals surface area contributed by atoms with E-state index in [2.05, 4.69) is 30.9 Å².